The Balaban J connectivity index is 1.78. The smallest absolute Gasteiger partial charge is 0.306 e. The largest absolute Gasteiger partial charge is 0.495 e. The standard InChI is InChI=1S/C20H20ClNO5/c1-13-3-5-14(6-4-13)17(23)8-10-20(25)27-12-19(24)22-16-11-15(21)7-9-18(16)26-2/h3-7,9,11H,8,10,12H2,1-2H3,(H,22,24). The van der Waals surface area contributed by atoms with Crippen molar-refractivity contribution in [1.82, 2.24) is 0 Å². The molecule has 0 saturated heterocycles. The topological polar surface area (TPSA) is 81.7 Å². The fourth-order valence-electron chi connectivity index (χ4n) is 2.28. The van der Waals surface area contributed by atoms with Crippen LogP contribution in [-0.4, -0.2) is 31.4 Å². The van der Waals surface area contributed by atoms with Gasteiger partial charge in [0, 0.05) is 17.0 Å². The van der Waals surface area contributed by atoms with Crippen LogP contribution in [-0.2, 0) is 14.3 Å². The van der Waals surface area contributed by atoms with Gasteiger partial charge >= 0.3 is 5.97 Å². The lowest BCUT2D eigenvalue weighted by atomic mass is 10.1. The highest BCUT2D eigenvalue weighted by atomic mass is 35.5. The monoisotopic (exact) mass is 389 g/mol. The molecule has 0 spiro atoms. The summed E-state index contributed by atoms with van der Waals surface area (Å²) in [5, 5.41) is 2.99. The van der Waals surface area contributed by atoms with Crippen LogP contribution >= 0.6 is 11.6 Å². The first-order valence-electron chi connectivity index (χ1n) is 8.28. The summed E-state index contributed by atoms with van der Waals surface area (Å²) in [4.78, 5) is 35.7. The number of Topliss-reactive ketones (excluding diaryl/α,β-unsaturated/α-hetero) is 1. The van der Waals surface area contributed by atoms with E-state index in [1.54, 1.807) is 24.3 Å². The van der Waals surface area contributed by atoms with Gasteiger partial charge in [-0.15, -0.1) is 0 Å². The van der Waals surface area contributed by atoms with Crippen LogP contribution in [0.4, 0.5) is 5.69 Å². The van der Waals surface area contributed by atoms with Crippen LogP contribution in [0.5, 0.6) is 5.75 Å². The summed E-state index contributed by atoms with van der Waals surface area (Å²) in [5.74, 6) is -0.875. The number of carbonyl (C=O) groups is 3. The van der Waals surface area contributed by atoms with Gasteiger partial charge in [-0.1, -0.05) is 41.4 Å². The first kappa shape index (κ1) is 20.5. The lowest BCUT2D eigenvalue weighted by molar-refractivity contribution is -0.147. The number of carbonyl (C=O) groups excluding carboxylic acids is 3. The number of nitrogens with one attached hydrogen (secondary N) is 1. The van der Waals surface area contributed by atoms with E-state index in [-0.39, 0.29) is 18.6 Å². The average molecular weight is 390 g/mol. The van der Waals surface area contributed by atoms with Crippen molar-refractivity contribution in [2.24, 2.45) is 0 Å². The first-order chi connectivity index (χ1) is 12.9. The quantitative estimate of drug-likeness (QED) is 0.548. The van der Waals surface area contributed by atoms with E-state index < -0.39 is 18.5 Å². The van der Waals surface area contributed by atoms with Gasteiger partial charge in [-0.05, 0) is 25.1 Å². The minimum atomic E-state index is -0.622. The van der Waals surface area contributed by atoms with Crippen LogP contribution in [0.25, 0.3) is 0 Å². The Morgan fingerprint density at radius 2 is 1.74 bits per heavy atom. The van der Waals surface area contributed by atoms with Crippen LogP contribution in [0.1, 0.15) is 28.8 Å². The fraction of sp³-hybridized carbons (Fsp3) is 0.250. The highest BCUT2D eigenvalue weighted by Gasteiger charge is 2.13. The molecule has 0 unspecified atom stereocenters. The molecule has 0 atom stereocenters. The maximum atomic E-state index is 12.0. The van der Waals surface area contributed by atoms with Gasteiger partial charge in [-0.3, -0.25) is 14.4 Å². The van der Waals surface area contributed by atoms with Gasteiger partial charge < -0.3 is 14.8 Å². The molecule has 0 radical (unpaired) electrons. The van der Waals surface area contributed by atoms with Crippen LogP contribution in [0.3, 0.4) is 0 Å². The van der Waals surface area contributed by atoms with Crippen molar-refractivity contribution in [3.05, 3.63) is 58.6 Å². The van der Waals surface area contributed by atoms with E-state index in [1.165, 1.54) is 13.2 Å². The summed E-state index contributed by atoms with van der Waals surface area (Å²) in [7, 11) is 1.46. The van der Waals surface area contributed by atoms with Crippen molar-refractivity contribution >= 4 is 34.9 Å². The summed E-state index contributed by atoms with van der Waals surface area (Å²) in [6.07, 6.45) is -0.0773. The van der Waals surface area contributed by atoms with Gasteiger partial charge in [0.15, 0.2) is 12.4 Å². The number of ether oxygens (including phenoxy) is 2. The zero-order valence-electron chi connectivity index (χ0n) is 15.1. The van der Waals surface area contributed by atoms with Crippen LogP contribution in [0.15, 0.2) is 42.5 Å². The highest BCUT2D eigenvalue weighted by molar-refractivity contribution is 6.31. The molecule has 0 bridgehead atoms. The second-order valence-electron chi connectivity index (χ2n) is 5.84. The van der Waals surface area contributed by atoms with Gasteiger partial charge in [0.25, 0.3) is 5.91 Å². The minimum absolute atomic E-state index is 0.0195. The Hall–Kier alpha value is -2.86. The van der Waals surface area contributed by atoms with Crippen LogP contribution < -0.4 is 10.1 Å². The van der Waals surface area contributed by atoms with Crippen molar-refractivity contribution in [3.63, 3.8) is 0 Å². The van der Waals surface area contributed by atoms with Crippen molar-refractivity contribution in [2.45, 2.75) is 19.8 Å². The molecule has 0 fully saturated rings. The minimum Gasteiger partial charge on any atom is -0.495 e. The third-order valence-electron chi connectivity index (χ3n) is 3.73. The predicted molar refractivity (Wildman–Crippen MR) is 102 cm³/mol. The Kier molecular flexibility index (Phi) is 7.37. The lowest BCUT2D eigenvalue weighted by Gasteiger charge is -2.10. The number of rotatable bonds is 8. The number of halogens is 1. The van der Waals surface area contributed by atoms with Crippen molar-refractivity contribution < 1.29 is 23.9 Å². The van der Waals surface area contributed by atoms with Crippen molar-refractivity contribution in [2.75, 3.05) is 19.0 Å². The van der Waals surface area contributed by atoms with E-state index in [0.717, 1.165) is 5.56 Å². The summed E-state index contributed by atoms with van der Waals surface area (Å²) >= 11 is 5.89. The van der Waals surface area contributed by atoms with Crippen molar-refractivity contribution in [1.29, 1.82) is 0 Å². The predicted octanol–water partition coefficient (Wildman–Crippen LogP) is 3.80. The molecule has 0 saturated carbocycles. The molecule has 2 aromatic rings. The average Bonchev–Trinajstić information content (AvgIpc) is 2.65. The summed E-state index contributed by atoms with van der Waals surface area (Å²) in [6, 6.07) is 11.9. The van der Waals surface area contributed by atoms with Gasteiger partial charge in [0.05, 0.1) is 19.2 Å². The molecule has 0 aromatic heterocycles. The van der Waals surface area contributed by atoms with Gasteiger partial charge in [0.1, 0.15) is 5.75 Å². The van der Waals surface area contributed by atoms with Gasteiger partial charge in [-0.25, -0.2) is 0 Å². The molecule has 7 heteroatoms. The molecule has 1 N–H and O–H groups in total. The summed E-state index contributed by atoms with van der Waals surface area (Å²) in [6.45, 7) is 1.46. The zero-order chi connectivity index (χ0) is 19.8. The molecule has 142 valence electrons. The van der Waals surface area contributed by atoms with E-state index in [9.17, 15) is 14.4 Å². The molecule has 2 rings (SSSR count). The van der Waals surface area contributed by atoms with E-state index in [2.05, 4.69) is 5.32 Å². The number of benzene rings is 2. The molecule has 0 aliphatic carbocycles. The summed E-state index contributed by atoms with van der Waals surface area (Å²) < 4.78 is 10.0. The van der Waals surface area contributed by atoms with E-state index in [4.69, 9.17) is 21.1 Å². The second-order valence-corrected chi connectivity index (χ2v) is 6.28. The number of hydrogen-bond acceptors (Lipinski definition) is 5. The molecule has 6 nitrogen and oxygen atoms in total. The SMILES string of the molecule is COc1ccc(Cl)cc1NC(=O)COC(=O)CCC(=O)c1ccc(C)cc1. The molecule has 2 aromatic carbocycles. The number of anilines is 1. The number of aryl methyl sites for hydroxylation is 1. The Morgan fingerprint density at radius 3 is 2.41 bits per heavy atom. The molecule has 1 amide bonds. The molecular formula is C20H20ClNO5. The molecule has 0 heterocycles. The molecule has 0 aliphatic rings. The lowest BCUT2D eigenvalue weighted by Crippen LogP contribution is -2.21. The van der Waals surface area contributed by atoms with E-state index >= 15 is 0 Å². The highest BCUT2D eigenvalue weighted by Crippen LogP contribution is 2.27. The first-order valence-corrected chi connectivity index (χ1v) is 8.65. The third kappa shape index (κ3) is 6.42. The van der Waals surface area contributed by atoms with E-state index in [1.807, 2.05) is 19.1 Å². The number of hydrogen-bond donors (Lipinski definition) is 1. The Morgan fingerprint density at radius 1 is 1.04 bits per heavy atom. The second kappa shape index (κ2) is 9.73. The molecule has 27 heavy (non-hydrogen) atoms. The Labute approximate surface area is 162 Å². The number of esters is 1. The van der Waals surface area contributed by atoms with Gasteiger partial charge in [-0.2, -0.15) is 0 Å². The maximum Gasteiger partial charge on any atom is 0.306 e. The number of methoxy groups -OCH3 is 1. The summed E-state index contributed by atoms with van der Waals surface area (Å²) in [5.41, 5.74) is 1.97. The molecule has 0 aliphatic heterocycles. The van der Waals surface area contributed by atoms with Crippen molar-refractivity contribution in [3.8, 4) is 5.75 Å². The normalized spacial score (nSPS) is 10.2. The molecular weight excluding hydrogens is 370 g/mol. The Bertz CT molecular complexity index is 833. The zero-order valence-corrected chi connectivity index (χ0v) is 15.8. The number of ketones is 1. The number of amides is 1. The van der Waals surface area contributed by atoms with Crippen LogP contribution in [0.2, 0.25) is 5.02 Å². The van der Waals surface area contributed by atoms with Crippen LogP contribution in [0, 0.1) is 6.92 Å². The third-order valence-corrected chi connectivity index (χ3v) is 3.96. The van der Waals surface area contributed by atoms with Gasteiger partial charge in [0.2, 0.25) is 0 Å². The fourth-order valence-corrected chi connectivity index (χ4v) is 2.45. The van der Waals surface area contributed by atoms with E-state index in [0.29, 0.717) is 22.0 Å². The maximum absolute atomic E-state index is 12.0.